The number of rotatable bonds is 2. The third-order valence-electron chi connectivity index (χ3n) is 3.09. The van der Waals surface area contributed by atoms with E-state index in [-0.39, 0.29) is 22.9 Å². The number of benzene rings is 1. The molecule has 0 saturated heterocycles. The lowest BCUT2D eigenvalue weighted by Crippen LogP contribution is -2.34. The first-order valence-electron chi connectivity index (χ1n) is 5.59. The fourth-order valence-corrected chi connectivity index (χ4v) is 2.24. The molecule has 1 aromatic carbocycles. The minimum Gasteiger partial charge on any atom is -0.327 e. The second-order valence-electron chi connectivity index (χ2n) is 4.32. The van der Waals surface area contributed by atoms with Gasteiger partial charge in [-0.05, 0) is 31.0 Å². The van der Waals surface area contributed by atoms with Crippen LogP contribution in [0.15, 0.2) is 18.2 Å². The number of halogens is 2. The fraction of sp³-hybridized carbons (Fsp3) is 0.417. The van der Waals surface area contributed by atoms with E-state index in [1.807, 2.05) is 0 Å². The SMILES string of the molecule is NC1CCCC1C(=O)Nc1ccc(Cl)c(F)c1. The van der Waals surface area contributed by atoms with Crippen LogP contribution in [0.2, 0.25) is 5.02 Å². The number of carbonyl (C=O) groups excluding carboxylic acids is 1. The number of nitrogens with two attached hydrogens (primary N) is 1. The third kappa shape index (κ3) is 2.76. The highest BCUT2D eigenvalue weighted by Crippen LogP contribution is 2.26. The number of hydrogen-bond donors (Lipinski definition) is 2. The molecule has 92 valence electrons. The maximum atomic E-state index is 13.2. The van der Waals surface area contributed by atoms with Crippen molar-refractivity contribution < 1.29 is 9.18 Å². The van der Waals surface area contributed by atoms with Gasteiger partial charge in [-0.1, -0.05) is 18.0 Å². The van der Waals surface area contributed by atoms with E-state index >= 15 is 0 Å². The molecule has 1 fully saturated rings. The quantitative estimate of drug-likeness (QED) is 0.854. The molecule has 3 N–H and O–H groups in total. The Balaban J connectivity index is 2.05. The van der Waals surface area contributed by atoms with Crippen LogP contribution in [0.25, 0.3) is 0 Å². The largest absolute Gasteiger partial charge is 0.327 e. The van der Waals surface area contributed by atoms with Crippen molar-refractivity contribution in [2.75, 3.05) is 5.32 Å². The molecule has 0 aliphatic heterocycles. The van der Waals surface area contributed by atoms with E-state index in [4.69, 9.17) is 17.3 Å². The molecule has 1 saturated carbocycles. The van der Waals surface area contributed by atoms with Crippen LogP contribution < -0.4 is 11.1 Å². The van der Waals surface area contributed by atoms with Gasteiger partial charge >= 0.3 is 0 Å². The first kappa shape index (κ1) is 12.3. The zero-order valence-electron chi connectivity index (χ0n) is 9.25. The highest BCUT2D eigenvalue weighted by atomic mass is 35.5. The summed E-state index contributed by atoms with van der Waals surface area (Å²) in [5.74, 6) is -0.856. The Morgan fingerprint density at radius 3 is 2.82 bits per heavy atom. The maximum Gasteiger partial charge on any atom is 0.229 e. The first-order valence-corrected chi connectivity index (χ1v) is 5.97. The molecule has 1 aliphatic carbocycles. The predicted molar refractivity (Wildman–Crippen MR) is 65.4 cm³/mol. The Labute approximate surface area is 104 Å². The molecule has 0 heterocycles. The van der Waals surface area contributed by atoms with Crippen molar-refractivity contribution in [3.63, 3.8) is 0 Å². The molecular weight excluding hydrogens is 243 g/mol. The Bertz CT molecular complexity index is 439. The molecule has 0 bridgehead atoms. The van der Waals surface area contributed by atoms with Gasteiger partial charge in [-0.2, -0.15) is 0 Å². The van der Waals surface area contributed by atoms with Crippen molar-refractivity contribution in [2.24, 2.45) is 11.7 Å². The van der Waals surface area contributed by atoms with Gasteiger partial charge in [0.1, 0.15) is 5.82 Å². The zero-order valence-corrected chi connectivity index (χ0v) is 10.0. The molecule has 1 aromatic rings. The van der Waals surface area contributed by atoms with E-state index in [1.54, 1.807) is 6.07 Å². The Morgan fingerprint density at radius 1 is 1.47 bits per heavy atom. The molecule has 0 radical (unpaired) electrons. The fourth-order valence-electron chi connectivity index (χ4n) is 2.12. The van der Waals surface area contributed by atoms with Gasteiger partial charge < -0.3 is 11.1 Å². The van der Waals surface area contributed by atoms with Gasteiger partial charge in [0.05, 0.1) is 10.9 Å². The average molecular weight is 257 g/mol. The summed E-state index contributed by atoms with van der Waals surface area (Å²) in [6.45, 7) is 0. The van der Waals surface area contributed by atoms with Gasteiger partial charge in [-0.15, -0.1) is 0 Å². The number of amides is 1. The molecule has 1 amide bonds. The predicted octanol–water partition coefficient (Wildman–Crippen LogP) is 2.54. The minimum atomic E-state index is -0.541. The second kappa shape index (κ2) is 5.02. The van der Waals surface area contributed by atoms with Gasteiger partial charge in [0.25, 0.3) is 0 Å². The summed E-state index contributed by atoms with van der Waals surface area (Å²) in [4.78, 5) is 11.9. The number of nitrogens with one attached hydrogen (secondary N) is 1. The summed E-state index contributed by atoms with van der Waals surface area (Å²) < 4.78 is 13.2. The summed E-state index contributed by atoms with van der Waals surface area (Å²) in [5.41, 5.74) is 6.24. The molecule has 2 unspecified atom stereocenters. The van der Waals surface area contributed by atoms with E-state index in [2.05, 4.69) is 5.32 Å². The Kier molecular flexibility index (Phi) is 3.64. The van der Waals surface area contributed by atoms with Crippen molar-refractivity contribution in [2.45, 2.75) is 25.3 Å². The van der Waals surface area contributed by atoms with Crippen LogP contribution in [-0.4, -0.2) is 11.9 Å². The van der Waals surface area contributed by atoms with E-state index in [9.17, 15) is 9.18 Å². The summed E-state index contributed by atoms with van der Waals surface area (Å²) in [6.07, 6.45) is 2.63. The lowest BCUT2D eigenvalue weighted by atomic mass is 10.0. The maximum absolute atomic E-state index is 13.2. The summed E-state index contributed by atoms with van der Waals surface area (Å²) in [7, 11) is 0. The Morgan fingerprint density at radius 2 is 2.24 bits per heavy atom. The zero-order chi connectivity index (χ0) is 12.4. The highest BCUT2D eigenvalue weighted by molar-refractivity contribution is 6.30. The van der Waals surface area contributed by atoms with Crippen molar-refractivity contribution in [3.05, 3.63) is 29.0 Å². The van der Waals surface area contributed by atoms with Crippen LogP contribution in [0.1, 0.15) is 19.3 Å². The molecule has 0 aromatic heterocycles. The van der Waals surface area contributed by atoms with E-state index in [0.717, 1.165) is 19.3 Å². The van der Waals surface area contributed by atoms with Gasteiger partial charge in [-0.25, -0.2) is 4.39 Å². The molecule has 1 aliphatic rings. The van der Waals surface area contributed by atoms with Crippen LogP contribution in [0.4, 0.5) is 10.1 Å². The molecule has 5 heteroatoms. The van der Waals surface area contributed by atoms with Crippen molar-refractivity contribution in [3.8, 4) is 0 Å². The summed E-state index contributed by atoms with van der Waals surface area (Å²) in [6, 6.07) is 4.11. The lowest BCUT2D eigenvalue weighted by molar-refractivity contribution is -0.120. The number of hydrogen-bond acceptors (Lipinski definition) is 2. The second-order valence-corrected chi connectivity index (χ2v) is 4.73. The Hall–Kier alpha value is -1.13. The highest BCUT2D eigenvalue weighted by Gasteiger charge is 2.30. The number of carbonyl (C=O) groups is 1. The van der Waals surface area contributed by atoms with Crippen LogP contribution in [0, 0.1) is 11.7 Å². The van der Waals surface area contributed by atoms with Crippen LogP contribution in [0.3, 0.4) is 0 Å². The minimum absolute atomic E-state index is 0.0422. The van der Waals surface area contributed by atoms with Crippen molar-refractivity contribution >= 4 is 23.2 Å². The van der Waals surface area contributed by atoms with Crippen molar-refractivity contribution in [1.82, 2.24) is 0 Å². The van der Waals surface area contributed by atoms with Crippen molar-refractivity contribution in [1.29, 1.82) is 0 Å². The standard InChI is InChI=1S/C12H14ClFN2O/c13-9-5-4-7(6-10(9)14)16-12(17)8-2-1-3-11(8)15/h4-6,8,11H,1-3,15H2,(H,16,17). The van der Waals surface area contributed by atoms with E-state index < -0.39 is 5.82 Å². The summed E-state index contributed by atoms with van der Waals surface area (Å²) >= 11 is 5.56. The molecule has 17 heavy (non-hydrogen) atoms. The monoisotopic (exact) mass is 256 g/mol. The lowest BCUT2D eigenvalue weighted by Gasteiger charge is -2.15. The van der Waals surface area contributed by atoms with E-state index in [0.29, 0.717) is 5.69 Å². The molecular formula is C12H14ClFN2O. The van der Waals surface area contributed by atoms with Gasteiger partial charge in [0.15, 0.2) is 0 Å². The molecule has 0 spiro atoms. The normalized spacial score (nSPS) is 23.7. The molecule has 2 atom stereocenters. The number of anilines is 1. The average Bonchev–Trinajstić information content (AvgIpc) is 2.70. The summed E-state index contributed by atoms with van der Waals surface area (Å²) in [5, 5.41) is 2.71. The van der Waals surface area contributed by atoms with Gasteiger partial charge in [0, 0.05) is 11.7 Å². The smallest absolute Gasteiger partial charge is 0.229 e. The molecule has 2 rings (SSSR count). The van der Waals surface area contributed by atoms with Crippen LogP contribution in [0.5, 0.6) is 0 Å². The van der Waals surface area contributed by atoms with Gasteiger partial charge in [0.2, 0.25) is 5.91 Å². The first-order chi connectivity index (χ1) is 8.08. The third-order valence-corrected chi connectivity index (χ3v) is 3.40. The van der Waals surface area contributed by atoms with Gasteiger partial charge in [-0.3, -0.25) is 4.79 Å². The molecule has 3 nitrogen and oxygen atoms in total. The van der Waals surface area contributed by atoms with E-state index in [1.165, 1.54) is 12.1 Å². The topological polar surface area (TPSA) is 55.1 Å². The van der Waals surface area contributed by atoms with Crippen LogP contribution >= 0.6 is 11.6 Å². The van der Waals surface area contributed by atoms with Crippen LogP contribution in [-0.2, 0) is 4.79 Å².